The monoisotopic (exact) mass is 270 g/mol. The van der Waals surface area contributed by atoms with Crippen LogP contribution in [-0.2, 0) is 13.6 Å². The number of fused-ring (bicyclic) bond motifs is 1. The van der Waals surface area contributed by atoms with E-state index >= 15 is 0 Å². The van der Waals surface area contributed by atoms with Crippen LogP contribution in [0.15, 0.2) is 36.8 Å². The zero-order valence-corrected chi connectivity index (χ0v) is 11.8. The number of nitrogens with zero attached hydrogens (tertiary/aromatic N) is 4. The number of benzene rings is 1. The molecule has 0 aliphatic carbocycles. The van der Waals surface area contributed by atoms with E-state index in [-0.39, 0.29) is 0 Å². The first-order valence-corrected chi connectivity index (χ1v) is 6.82. The summed E-state index contributed by atoms with van der Waals surface area (Å²) in [4.78, 5) is 0. The minimum Gasteiger partial charge on any atom is -0.494 e. The van der Waals surface area contributed by atoms with E-state index in [9.17, 15) is 0 Å². The highest BCUT2D eigenvalue weighted by atomic mass is 16.5. The fraction of sp³-hybridized carbons (Fsp3) is 0.333. The number of aryl methyl sites for hydroxylation is 1. The van der Waals surface area contributed by atoms with Gasteiger partial charge in [-0.3, -0.25) is 0 Å². The lowest BCUT2D eigenvalue weighted by Gasteiger charge is -2.07. The molecule has 0 unspecified atom stereocenters. The quantitative estimate of drug-likeness (QED) is 0.716. The van der Waals surface area contributed by atoms with Crippen molar-refractivity contribution in [3.63, 3.8) is 0 Å². The van der Waals surface area contributed by atoms with Crippen LogP contribution in [0.3, 0.4) is 0 Å². The summed E-state index contributed by atoms with van der Waals surface area (Å²) in [7, 11) is 1.96. The van der Waals surface area contributed by atoms with Crippen LogP contribution in [-0.4, -0.2) is 25.9 Å². The third-order valence-corrected chi connectivity index (χ3v) is 3.33. The van der Waals surface area contributed by atoms with Gasteiger partial charge >= 0.3 is 0 Å². The van der Waals surface area contributed by atoms with E-state index in [0.29, 0.717) is 0 Å². The zero-order valence-electron chi connectivity index (χ0n) is 11.8. The van der Waals surface area contributed by atoms with Crippen molar-refractivity contribution in [2.24, 2.45) is 7.05 Å². The fourth-order valence-electron chi connectivity index (χ4n) is 2.23. The Morgan fingerprint density at radius 1 is 1.25 bits per heavy atom. The molecule has 5 heteroatoms. The molecule has 3 rings (SSSR count). The summed E-state index contributed by atoms with van der Waals surface area (Å²) in [6, 6.07) is 8.30. The molecule has 2 aromatic heterocycles. The van der Waals surface area contributed by atoms with Crippen LogP contribution in [0.2, 0.25) is 0 Å². The van der Waals surface area contributed by atoms with E-state index in [1.807, 2.05) is 17.7 Å². The minimum absolute atomic E-state index is 0.717. The maximum absolute atomic E-state index is 5.66. The Morgan fingerprint density at radius 3 is 2.90 bits per heavy atom. The molecule has 0 amide bonds. The van der Waals surface area contributed by atoms with Crippen LogP contribution in [0.25, 0.3) is 10.9 Å². The van der Waals surface area contributed by atoms with E-state index in [2.05, 4.69) is 46.1 Å². The van der Waals surface area contributed by atoms with Gasteiger partial charge < -0.3 is 13.9 Å². The summed E-state index contributed by atoms with van der Waals surface area (Å²) in [6.45, 7) is 3.58. The molecule has 104 valence electrons. The van der Waals surface area contributed by atoms with Crippen molar-refractivity contribution in [3.05, 3.63) is 42.6 Å². The predicted octanol–water partition coefficient (Wildman–Crippen LogP) is 2.61. The van der Waals surface area contributed by atoms with Crippen LogP contribution < -0.4 is 4.74 Å². The minimum atomic E-state index is 0.717. The van der Waals surface area contributed by atoms with Crippen LogP contribution in [0.1, 0.15) is 19.2 Å². The summed E-state index contributed by atoms with van der Waals surface area (Å²) in [5, 5.41) is 9.21. The molecule has 0 N–H and O–H groups in total. The maximum atomic E-state index is 5.66. The van der Waals surface area contributed by atoms with Gasteiger partial charge in [-0.1, -0.05) is 6.92 Å². The van der Waals surface area contributed by atoms with Crippen molar-refractivity contribution >= 4 is 10.9 Å². The maximum Gasteiger partial charge on any atom is 0.152 e. The number of hydrogen-bond acceptors (Lipinski definition) is 3. The van der Waals surface area contributed by atoms with Gasteiger partial charge in [0, 0.05) is 24.1 Å². The van der Waals surface area contributed by atoms with Crippen LogP contribution in [0, 0.1) is 0 Å². The van der Waals surface area contributed by atoms with E-state index < -0.39 is 0 Å². The van der Waals surface area contributed by atoms with E-state index in [4.69, 9.17) is 4.74 Å². The lowest BCUT2D eigenvalue weighted by atomic mass is 10.2. The van der Waals surface area contributed by atoms with E-state index in [1.165, 1.54) is 10.9 Å². The Hall–Kier alpha value is -2.30. The van der Waals surface area contributed by atoms with Crippen molar-refractivity contribution in [2.75, 3.05) is 6.61 Å². The molecule has 0 aliphatic rings. The van der Waals surface area contributed by atoms with Crippen molar-refractivity contribution in [2.45, 2.75) is 19.9 Å². The molecule has 0 fully saturated rings. The molecule has 2 heterocycles. The van der Waals surface area contributed by atoms with Crippen molar-refractivity contribution in [1.29, 1.82) is 0 Å². The first-order valence-electron chi connectivity index (χ1n) is 6.82. The Labute approximate surface area is 117 Å². The highest BCUT2D eigenvalue weighted by Crippen LogP contribution is 2.22. The van der Waals surface area contributed by atoms with Gasteiger partial charge in [-0.05, 0) is 30.7 Å². The third-order valence-electron chi connectivity index (χ3n) is 3.33. The van der Waals surface area contributed by atoms with Gasteiger partial charge in [-0.25, -0.2) is 0 Å². The molecule has 20 heavy (non-hydrogen) atoms. The van der Waals surface area contributed by atoms with Gasteiger partial charge in [-0.2, -0.15) is 0 Å². The zero-order chi connectivity index (χ0) is 13.9. The molecule has 0 aliphatic heterocycles. The standard InChI is InChI=1S/C15H18N4O/c1-3-8-20-13-4-5-14-12(9-13)6-7-19(14)10-15-17-16-11-18(15)2/h4-7,9,11H,3,8,10H2,1-2H3. The number of hydrogen-bond donors (Lipinski definition) is 0. The van der Waals surface area contributed by atoms with Crippen LogP contribution in [0.5, 0.6) is 5.75 Å². The second-order valence-electron chi connectivity index (χ2n) is 4.87. The Balaban J connectivity index is 1.88. The SMILES string of the molecule is CCCOc1ccc2c(ccn2Cc2nncn2C)c1. The van der Waals surface area contributed by atoms with Crippen molar-refractivity contribution in [3.8, 4) is 5.75 Å². The molecule has 1 aromatic carbocycles. The summed E-state index contributed by atoms with van der Waals surface area (Å²) >= 11 is 0. The normalized spacial score (nSPS) is 11.1. The van der Waals surface area contributed by atoms with Crippen molar-refractivity contribution < 1.29 is 4.74 Å². The van der Waals surface area contributed by atoms with Gasteiger partial charge in [0.2, 0.25) is 0 Å². The topological polar surface area (TPSA) is 44.9 Å². The third kappa shape index (κ3) is 2.39. The molecule has 3 aromatic rings. The molecule has 0 atom stereocenters. The molecule has 0 radical (unpaired) electrons. The second kappa shape index (κ2) is 5.36. The Kier molecular flexibility index (Phi) is 3.41. The molecule has 0 saturated heterocycles. The van der Waals surface area contributed by atoms with Gasteiger partial charge in [0.15, 0.2) is 5.82 Å². The van der Waals surface area contributed by atoms with E-state index in [0.717, 1.165) is 31.1 Å². The van der Waals surface area contributed by atoms with Crippen LogP contribution in [0.4, 0.5) is 0 Å². The van der Waals surface area contributed by atoms with Gasteiger partial charge in [0.25, 0.3) is 0 Å². The Morgan fingerprint density at radius 2 is 2.15 bits per heavy atom. The van der Waals surface area contributed by atoms with Gasteiger partial charge in [0.05, 0.1) is 13.2 Å². The number of aromatic nitrogens is 4. The van der Waals surface area contributed by atoms with Gasteiger partial charge in [-0.15, -0.1) is 10.2 Å². The average molecular weight is 270 g/mol. The largest absolute Gasteiger partial charge is 0.494 e. The fourth-order valence-corrected chi connectivity index (χ4v) is 2.23. The first kappa shape index (κ1) is 12.7. The summed E-state index contributed by atoms with van der Waals surface area (Å²) < 4.78 is 9.77. The summed E-state index contributed by atoms with van der Waals surface area (Å²) in [6.07, 6.45) is 4.81. The Bertz CT molecular complexity index is 714. The van der Waals surface area contributed by atoms with Gasteiger partial charge in [0.1, 0.15) is 12.1 Å². The van der Waals surface area contributed by atoms with Crippen LogP contribution >= 0.6 is 0 Å². The summed E-state index contributed by atoms with van der Waals surface area (Å²) in [5.41, 5.74) is 1.18. The number of rotatable bonds is 5. The summed E-state index contributed by atoms with van der Waals surface area (Å²) in [5.74, 6) is 1.87. The molecule has 5 nitrogen and oxygen atoms in total. The molecular weight excluding hydrogens is 252 g/mol. The predicted molar refractivity (Wildman–Crippen MR) is 77.8 cm³/mol. The number of ether oxygens (including phenoxy) is 1. The molecular formula is C15H18N4O. The lowest BCUT2D eigenvalue weighted by molar-refractivity contribution is 0.318. The highest BCUT2D eigenvalue weighted by Gasteiger charge is 2.06. The molecule has 0 bridgehead atoms. The lowest BCUT2D eigenvalue weighted by Crippen LogP contribution is -2.04. The second-order valence-corrected chi connectivity index (χ2v) is 4.87. The highest BCUT2D eigenvalue weighted by molar-refractivity contribution is 5.81. The molecule has 0 saturated carbocycles. The smallest absolute Gasteiger partial charge is 0.152 e. The van der Waals surface area contributed by atoms with E-state index in [1.54, 1.807) is 6.33 Å². The molecule has 0 spiro atoms. The van der Waals surface area contributed by atoms with Crippen molar-refractivity contribution in [1.82, 2.24) is 19.3 Å². The average Bonchev–Trinajstić information content (AvgIpc) is 3.04. The first-order chi connectivity index (χ1) is 9.78.